The molecule has 0 spiro atoms. The zero-order valence-electron chi connectivity index (χ0n) is 21.9. The minimum absolute atomic E-state index is 0.0354. The van der Waals surface area contributed by atoms with Crippen molar-refractivity contribution in [2.45, 2.75) is 6.42 Å². The Balaban J connectivity index is 1.26. The number of nitrogens with one attached hydrogen (secondary N) is 2. The van der Waals surface area contributed by atoms with Crippen LogP contribution in [0, 0.1) is 0 Å². The molecule has 3 heterocycles. The molecular weight excluding hydrogens is 478 g/mol. The quantitative estimate of drug-likeness (QED) is 0.352. The highest BCUT2D eigenvalue weighted by molar-refractivity contribution is 6.05. The second-order valence-corrected chi connectivity index (χ2v) is 9.36. The maximum absolute atomic E-state index is 13.2. The molecule has 0 bridgehead atoms. The number of anilines is 2. The van der Waals surface area contributed by atoms with Crippen LogP contribution >= 0.6 is 0 Å². The van der Waals surface area contributed by atoms with Crippen molar-refractivity contribution in [3.8, 4) is 17.0 Å². The smallest absolute Gasteiger partial charge is 0.238 e. The molecule has 0 unspecified atom stereocenters. The number of rotatable bonds is 9. The van der Waals surface area contributed by atoms with E-state index in [0.29, 0.717) is 12.5 Å². The molecule has 9 nitrogen and oxygen atoms in total. The van der Waals surface area contributed by atoms with Gasteiger partial charge in [0.25, 0.3) is 0 Å². The number of nitrogens with zero attached hydrogens (tertiary/aromatic N) is 5. The summed E-state index contributed by atoms with van der Waals surface area (Å²) in [5.74, 6) is 1.25. The van der Waals surface area contributed by atoms with Crippen LogP contribution in [0.2, 0.25) is 0 Å². The van der Waals surface area contributed by atoms with Gasteiger partial charge in [-0.1, -0.05) is 12.1 Å². The molecule has 196 valence electrons. The van der Waals surface area contributed by atoms with E-state index < -0.39 is 0 Å². The van der Waals surface area contributed by atoms with Gasteiger partial charge in [0.15, 0.2) is 0 Å². The Labute approximate surface area is 222 Å². The zero-order chi connectivity index (χ0) is 26.3. The fourth-order valence-corrected chi connectivity index (χ4v) is 4.74. The van der Waals surface area contributed by atoms with Gasteiger partial charge in [0.1, 0.15) is 5.75 Å². The van der Waals surface area contributed by atoms with Crippen LogP contribution in [0.1, 0.15) is 5.69 Å². The molecule has 2 N–H and O–H groups in total. The fourth-order valence-electron chi connectivity index (χ4n) is 4.74. The zero-order valence-corrected chi connectivity index (χ0v) is 21.9. The maximum atomic E-state index is 13.2. The molecule has 2 aromatic carbocycles. The number of piperazine rings is 1. The third-order valence-electron chi connectivity index (χ3n) is 6.85. The Kier molecular flexibility index (Phi) is 8.06. The number of fused-ring (bicyclic) bond motifs is 1. The Hall–Kier alpha value is -4.08. The summed E-state index contributed by atoms with van der Waals surface area (Å²) < 4.78 is 5.45. The minimum atomic E-state index is -0.0354. The molecule has 38 heavy (non-hydrogen) atoms. The van der Waals surface area contributed by atoms with E-state index in [4.69, 9.17) is 4.74 Å². The predicted octanol–water partition coefficient (Wildman–Crippen LogP) is 3.54. The van der Waals surface area contributed by atoms with Crippen LogP contribution in [0.3, 0.4) is 0 Å². The number of hydrogen-bond acceptors (Lipinski definition) is 8. The Morgan fingerprint density at radius 3 is 2.58 bits per heavy atom. The molecule has 1 fully saturated rings. The van der Waals surface area contributed by atoms with Gasteiger partial charge in [-0.15, -0.1) is 0 Å². The van der Waals surface area contributed by atoms with Crippen LogP contribution < -0.4 is 15.4 Å². The average Bonchev–Trinajstić information content (AvgIpc) is 2.97. The van der Waals surface area contributed by atoms with Crippen molar-refractivity contribution in [3.63, 3.8) is 0 Å². The second kappa shape index (κ2) is 12.0. The van der Waals surface area contributed by atoms with Gasteiger partial charge in [0.05, 0.1) is 19.3 Å². The summed E-state index contributed by atoms with van der Waals surface area (Å²) in [6.45, 7) is 4.93. The second-order valence-electron chi connectivity index (χ2n) is 9.36. The van der Waals surface area contributed by atoms with Crippen molar-refractivity contribution in [2.75, 3.05) is 64.1 Å². The monoisotopic (exact) mass is 511 g/mol. The van der Waals surface area contributed by atoms with Gasteiger partial charge in [-0.25, -0.2) is 9.97 Å². The Morgan fingerprint density at radius 2 is 1.82 bits per heavy atom. The first-order valence-electron chi connectivity index (χ1n) is 12.9. The largest absolute Gasteiger partial charge is 0.497 e. The standard InChI is InChI=1S/C29H33N7O2/c1-30-29-32-11-8-26(34-29)22-17-21-6-7-24(38-2)19-25(21)27(18-22)33-28(37)20-36-15-13-35(14-16-36)12-9-23-5-3-4-10-31-23/h3-8,10-11,17-19H,9,12-16,20H2,1-2H3,(H,33,37)(H,30,32,34). The SMILES string of the molecule is CNc1nccc(-c2cc(NC(=O)CN3CCN(CCc4ccccn4)CC3)c3cc(OC)ccc3c2)n1. The van der Waals surface area contributed by atoms with Crippen LogP contribution in [0.4, 0.5) is 11.6 Å². The number of amides is 1. The first-order chi connectivity index (χ1) is 18.6. The lowest BCUT2D eigenvalue weighted by atomic mass is 10.0. The topological polar surface area (TPSA) is 95.5 Å². The first kappa shape index (κ1) is 25.6. The summed E-state index contributed by atoms with van der Waals surface area (Å²) in [6.07, 6.45) is 4.51. The summed E-state index contributed by atoms with van der Waals surface area (Å²) in [5.41, 5.74) is 3.53. The van der Waals surface area contributed by atoms with Gasteiger partial charge < -0.3 is 20.3 Å². The number of hydrogen-bond donors (Lipinski definition) is 2. The Morgan fingerprint density at radius 1 is 0.974 bits per heavy atom. The summed E-state index contributed by atoms with van der Waals surface area (Å²) in [6, 6.07) is 17.8. The molecule has 5 rings (SSSR count). The molecule has 1 saturated heterocycles. The van der Waals surface area contributed by atoms with Crippen LogP contribution in [0.25, 0.3) is 22.0 Å². The molecule has 1 amide bonds. The van der Waals surface area contributed by atoms with Gasteiger partial charge in [0.2, 0.25) is 11.9 Å². The highest BCUT2D eigenvalue weighted by Gasteiger charge is 2.20. The summed E-state index contributed by atoms with van der Waals surface area (Å²) in [4.78, 5) is 31.0. The van der Waals surface area contributed by atoms with Crippen molar-refractivity contribution >= 4 is 28.3 Å². The van der Waals surface area contributed by atoms with Gasteiger partial charge in [0, 0.05) is 80.9 Å². The molecule has 1 aliphatic heterocycles. The van der Waals surface area contributed by atoms with Crippen molar-refractivity contribution < 1.29 is 9.53 Å². The maximum Gasteiger partial charge on any atom is 0.238 e. The normalized spacial score (nSPS) is 14.4. The number of pyridine rings is 1. The van der Waals surface area contributed by atoms with Crippen LogP contribution in [-0.4, -0.2) is 84.1 Å². The number of methoxy groups -OCH3 is 1. The third kappa shape index (κ3) is 6.24. The van der Waals surface area contributed by atoms with Crippen LogP contribution in [0.5, 0.6) is 5.75 Å². The van der Waals surface area contributed by atoms with Crippen molar-refractivity contribution in [1.82, 2.24) is 24.8 Å². The summed E-state index contributed by atoms with van der Waals surface area (Å²) in [5, 5.41) is 8.05. The van der Waals surface area contributed by atoms with Crippen LogP contribution in [-0.2, 0) is 11.2 Å². The van der Waals surface area contributed by atoms with E-state index in [1.165, 1.54) is 0 Å². The molecule has 4 aromatic rings. The molecule has 9 heteroatoms. The van der Waals surface area contributed by atoms with Gasteiger partial charge >= 0.3 is 0 Å². The number of ether oxygens (including phenoxy) is 1. The number of carbonyl (C=O) groups is 1. The molecule has 0 aliphatic carbocycles. The van der Waals surface area contributed by atoms with Crippen LogP contribution in [0.15, 0.2) is 67.0 Å². The lowest BCUT2D eigenvalue weighted by Gasteiger charge is -2.34. The van der Waals surface area contributed by atoms with Gasteiger partial charge in [-0.05, 0) is 47.9 Å². The van der Waals surface area contributed by atoms with E-state index >= 15 is 0 Å². The van der Waals surface area contributed by atoms with Crippen molar-refractivity contribution in [3.05, 3.63) is 72.7 Å². The predicted molar refractivity (Wildman–Crippen MR) is 151 cm³/mol. The molecule has 2 aromatic heterocycles. The van der Waals surface area contributed by atoms with Crippen molar-refractivity contribution in [1.29, 1.82) is 0 Å². The third-order valence-corrected chi connectivity index (χ3v) is 6.85. The lowest BCUT2D eigenvalue weighted by Crippen LogP contribution is -2.49. The Bertz CT molecular complexity index is 1390. The van der Waals surface area contributed by atoms with E-state index in [1.807, 2.05) is 48.7 Å². The van der Waals surface area contributed by atoms with Gasteiger partial charge in [-0.2, -0.15) is 0 Å². The van der Waals surface area contributed by atoms with E-state index in [-0.39, 0.29) is 5.91 Å². The first-order valence-corrected chi connectivity index (χ1v) is 12.9. The lowest BCUT2D eigenvalue weighted by molar-refractivity contribution is -0.117. The highest BCUT2D eigenvalue weighted by atomic mass is 16.5. The molecule has 0 saturated carbocycles. The fraction of sp³-hybridized carbons (Fsp3) is 0.310. The van der Waals surface area contributed by atoms with Gasteiger partial charge in [-0.3, -0.25) is 14.7 Å². The number of aromatic nitrogens is 3. The minimum Gasteiger partial charge on any atom is -0.497 e. The molecule has 0 atom stereocenters. The molecule has 0 radical (unpaired) electrons. The van der Waals surface area contributed by atoms with E-state index in [0.717, 1.165) is 78.3 Å². The average molecular weight is 512 g/mol. The summed E-state index contributed by atoms with van der Waals surface area (Å²) >= 11 is 0. The van der Waals surface area contributed by atoms with Crippen molar-refractivity contribution in [2.24, 2.45) is 0 Å². The van der Waals surface area contributed by atoms with E-state index in [2.05, 4.69) is 47.5 Å². The molecular formula is C29H33N7O2. The molecule has 1 aliphatic rings. The van der Waals surface area contributed by atoms with E-state index in [9.17, 15) is 4.79 Å². The number of carbonyl (C=O) groups excluding carboxylic acids is 1. The number of benzene rings is 2. The highest BCUT2D eigenvalue weighted by Crippen LogP contribution is 2.33. The summed E-state index contributed by atoms with van der Waals surface area (Å²) in [7, 11) is 3.43. The van der Waals surface area contributed by atoms with E-state index in [1.54, 1.807) is 20.4 Å².